The number of ether oxygens (including phenoxy) is 5. The summed E-state index contributed by atoms with van der Waals surface area (Å²) in [6.45, 7) is 5.60. The number of esters is 3. The third-order valence-corrected chi connectivity index (χ3v) is 10.8. The molecule has 0 amide bonds. The first-order valence-corrected chi connectivity index (χ1v) is 25.9. The van der Waals surface area contributed by atoms with Gasteiger partial charge in [0.1, 0.15) is 18.8 Å². The summed E-state index contributed by atoms with van der Waals surface area (Å²) >= 11 is 0. The lowest BCUT2D eigenvalue weighted by Crippen LogP contribution is -2.61. The van der Waals surface area contributed by atoms with Crippen molar-refractivity contribution in [3.05, 3.63) is 109 Å². The SMILES string of the molecule is CC/C=C\C/C=C\C/C=C\C/C=C\C/C=C\CC(=O)OC1C(OCC(COC(=O)CCCCC/C=C\C/C=C\C/C=C\CC)OC(=O)CCCCCCC/C=C\CCCC)OC(C(=O)O)C(O)C1O. The second kappa shape index (κ2) is 44.6. The maximum absolute atomic E-state index is 13.0. The van der Waals surface area contributed by atoms with Crippen LogP contribution in [0.1, 0.15) is 175 Å². The van der Waals surface area contributed by atoms with Gasteiger partial charge in [0.05, 0.1) is 13.0 Å². The first kappa shape index (κ1) is 62.4. The summed E-state index contributed by atoms with van der Waals surface area (Å²) in [6.07, 6.45) is 46.8. The molecule has 69 heavy (non-hydrogen) atoms. The molecule has 0 aliphatic carbocycles. The van der Waals surface area contributed by atoms with E-state index < -0.39 is 67.3 Å². The summed E-state index contributed by atoms with van der Waals surface area (Å²) in [5, 5.41) is 31.3. The first-order chi connectivity index (χ1) is 33.6. The van der Waals surface area contributed by atoms with Gasteiger partial charge in [0.15, 0.2) is 24.6 Å². The Morgan fingerprint density at radius 2 is 0.957 bits per heavy atom. The monoisotopic (exact) mass is 965 g/mol. The standard InChI is InChI=1S/C57H88O12/c1-4-7-10-13-16-19-22-24-25-27-30-33-36-39-42-45-51(60)68-55-53(62)52(61)54(56(63)64)69-57(55)66-47-48(67-50(59)44-41-38-35-32-28-21-18-15-12-9-6-3)46-65-49(58)43-40-37-34-31-29-26-23-20-17-14-11-8-5-2/h7-8,10-11,15-20,24-26,29-30,33,39,42,48,52-55,57,61-62H,4-6,9,12-14,21-23,27-28,31-32,34-38,40-41,43-47H2,1-3H3,(H,63,64)/b10-7-,11-8-,18-15-,19-16-,20-17-,25-24-,29-26-,33-30-,42-39-. The van der Waals surface area contributed by atoms with Gasteiger partial charge in [-0.05, 0) is 96.3 Å². The molecule has 0 aromatic heterocycles. The van der Waals surface area contributed by atoms with Gasteiger partial charge < -0.3 is 39.0 Å². The van der Waals surface area contributed by atoms with Crippen molar-refractivity contribution in [2.75, 3.05) is 13.2 Å². The number of aliphatic carboxylic acids is 1. The highest BCUT2D eigenvalue weighted by Gasteiger charge is 2.50. The van der Waals surface area contributed by atoms with Crippen LogP contribution in [0.15, 0.2) is 109 Å². The fraction of sp³-hybridized carbons (Fsp3) is 0.614. The van der Waals surface area contributed by atoms with Crippen molar-refractivity contribution in [1.82, 2.24) is 0 Å². The lowest BCUT2D eigenvalue weighted by atomic mass is 9.98. The molecule has 1 saturated heterocycles. The fourth-order valence-electron chi connectivity index (χ4n) is 6.91. The smallest absolute Gasteiger partial charge is 0.335 e. The Bertz CT molecular complexity index is 1620. The van der Waals surface area contributed by atoms with Gasteiger partial charge in [-0.15, -0.1) is 0 Å². The van der Waals surface area contributed by atoms with E-state index in [2.05, 4.69) is 106 Å². The van der Waals surface area contributed by atoms with Crippen molar-refractivity contribution >= 4 is 23.9 Å². The number of rotatable bonds is 41. The van der Waals surface area contributed by atoms with Crippen molar-refractivity contribution in [3.63, 3.8) is 0 Å². The van der Waals surface area contributed by atoms with E-state index in [0.717, 1.165) is 103 Å². The average Bonchev–Trinajstić information content (AvgIpc) is 3.33. The van der Waals surface area contributed by atoms with Gasteiger partial charge in [0.25, 0.3) is 0 Å². The van der Waals surface area contributed by atoms with Crippen LogP contribution in [0.2, 0.25) is 0 Å². The molecule has 388 valence electrons. The number of allylic oxidation sites excluding steroid dienone is 17. The number of aliphatic hydroxyl groups is 2. The minimum Gasteiger partial charge on any atom is -0.479 e. The van der Waals surface area contributed by atoms with E-state index in [9.17, 15) is 34.5 Å². The van der Waals surface area contributed by atoms with Gasteiger partial charge in [-0.1, -0.05) is 169 Å². The quantitative estimate of drug-likeness (QED) is 0.0229. The van der Waals surface area contributed by atoms with E-state index in [-0.39, 0.29) is 25.9 Å². The lowest BCUT2D eigenvalue weighted by molar-refractivity contribution is -0.301. The van der Waals surface area contributed by atoms with Gasteiger partial charge in [0, 0.05) is 12.8 Å². The van der Waals surface area contributed by atoms with E-state index in [0.29, 0.717) is 19.3 Å². The lowest BCUT2D eigenvalue weighted by Gasteiger charge is -2.40. The number of hydrogen-bond donors (Lipinski definition) is 3. The summed E-state index contributed by atoms with van der Waals surface area (Å²) in [4.78, 5) is 50.7. The van der Waals surface area contributed by atoms with Crippen molar-refractivity contribution < 1.29 is 58.2 Å². The highest BCUT2D eigenvalue weighted by Crippen LogP contribution is 2.26. The molecule has 12 nitrogen and oxygen atoms in total. The number of carbonyl (C=O) groups is 4. The van der Waals surface area contributed by atoms with Crippen LogP contribution in [0.4, 0.5) is 0 Å². The van der Waals surface area contributed by atoms with Crippen LogP contribution in [0, 0.1) is 0 Å². The highest BCUT2D eigenvalue weighted by atomic mass is 16.7. The number of aliphatic hydroxyl groups excluding tert-OH is 2. The van der Waals surface area contributed by atoms with E-state index in [1.54, 1.807) is 12.2 Å². The van der Waals surface area contributed by atoms with E-state index >= 15 is 0 Å². The van der Waals surface area contributed by atoms with Crippen molar-refractivity contribution in [1.29, 1.82) is 0 Å². The second-order valence-corrected chi connectivity index (χ2v) is 17.1. The zero-order chi connectivity index (χ0) is 50.4. The maximum atomic E-state index is 13.0. The Balaban J connectivity index is 2.82. The Morgan fingerprint density at radius 1 is 0.507 bits per heavy atom. The molecule has 6 unspecified atom stereocenters. The van der Waals surface area contributed by atoms with Crippen LogP contribution < -0.4 is 0 Å². The third kappa shape index (κ3) is 35.2. The molecule has 1 fully saturated rings. The molecule has 1 aliphatic heterocycles. The normalized spacial score (nSPS) is 19.6. The molecule has 0 aromatic carbocycles. The van der Waals surface area contributed by atoms with Gasteiger partial charge in [0.2, 0.25) is 0 Å². The second-order valence-electron chi connectivity index (χ2n) is 17.1. The molecule has 1 rings (SSSR count). The molecule has 6 atom stereocenters. The van der Waals surface area contributed by atoms with E-state index in [1.807, 2.05) is 12.2 Å². The molecule has 1 heterocycles. The molecule has 3 N–H and O–H groups in total. The number of carbonyl (C=O) groups excluding carboxylic acids is 3. The third-order valence-electron chi connectivity index (χ3n) is 10.8. The van der Waals surface area contributed by atoms with Gasteiger partial charge >= 0.3 is 23.9 Å². The average molecular weight is 965 g/mol. The number of carboxylic acids is 1. The van der Waals surface area contributed by atoms with Crippen LogP contribution in [0.5, 0.6) is 0 Å². The molecule has 12 heteroatoms. The van der Waals surface area contributed by atoms with Gasteiger partial charge in [-0.3, -0.25) is 14.4 Å². The zero-order valence-corrected chi connectivity index (χ0v) is 42.3. The number of hydrogen-bond acceptors (Lipinski definition) is 11. The molecule has 0 radical (unpaired) electrons. The predicted molar refractivity (Wildman–Crippen MR) is 275 cm³/mol. The number of carboxylic acid groups (broad SMARTS) is 1. The molecule has 0 saturated carbocycles. The minimum atomic E-state index is -1.94. The summed E-state index contributed by atoms with van der Waals surface area (Å²) in [5.74, 6) is -3.36. The summed E-state index contributed by atoms with van der Waals surface area (Å²) < 4.78 is 28.1. The van der Waals surface area contributed by atoms with Gasteiger partial charge in [-0.2, -0.15) is 0 Å². The van der Waals surface area contributed by atoms with Crippen molar-refractivity contribution in [3.8, 4) is 0 Å². The van der Waals surface area contributed by atoms with Crippen molar-refractivity contribution in [2.24, 2.45) is 0 Å². The summed E-state index contributed by atoms with van der Waals surface area (Å²) in [7, 11) is 0. The van der Waals surface area contributed by atoms with Crippen LogP contribution in [0.25, 0.3) is 0 Å². The van der Waals surface area contributed by atoms with Crippen LogP contribution in [0.3, 0.4) is 0 Å². The predicted octanol–water partition coefficient (Wildman–Crippen LogP) is 12.3. The molecule has 1 aliphatic rings. The largest absolute Gasteiger partial charge is 0.479 e. The van der Waals surface area contributed by atoms with E-state index in [1.165, 1.54) is 12.8 Å². The van der Waals surface area contributed by atoms with Crippen LogP contribution in [-0.4, -0.2) is 89.2 Å². The molecular weight excluding hydrogens is 877 g/mol. The Kier molecular flexibility index (Phi) is 40.3. The minimum absolute atomic E-state index is 0.129. The van der Waals surface area contributed by atoms with Crippen LogP contribution in [-0.2, 0) is 42.9 Å². The highest BCUT2D eigenvalue weighted by molar-refractivity contribution is 5.74. The zero-order valence-electron chi connectivity index (χ0n) is 42.3. The van der Waals surface area contributed by atoms with E-state index in [4.69, 9.17) is 23.7 Å². The summed E-state index contributed by atoms with van der Waals surface area (Å²) in [6, 6.07) is 0. The number of unbranched alkanes of at least 4 members (excludes halogenated alkanes) is 10. The Hall–Kier alpha value is -4.62. The molecule has 0 bridgehead atoms. The fourth-order valence-corrected chi connectivity index (χ4v) is 6.91. The maximum Gasteiger partial charge on any atom is 0.335 e. The Labute approximate surface area is 415 Å². The van der Waals surface area contributed by atoms with Crippen molar-refractivity contribution in [2.45, 2.75) is 212 Å². The molecule has 0 aromatic rings. The molecular formula is C57H88O12. The molecule has 0 spiro atoms. The van der Waals surface area contributed by atoms with Gasteiger partial charge in [-0.25, -0.2) is 4.79 Å². The summed E-state index contributed by atoms with van der Waals surface area (Å²) in [5.41, 5.74) is 0. The topological polar surface area (TPSA) is 175 Å². The van der Waals surface area contributed by atoms with Crippen LogP contribution >= 0.6 is 0 Å². The Morgan fingerprint density at radius 3 is 1.49 bits per heavy atom. The first-order valence-electron chi connectivity index (χ1n) is 25.9.